The van der Waals surface area contributed by atoms with Gasteiger partial charge < -0.3 is 15.5 Å². The zero-order chi connectivity index (χ0) is 34.3. The van der Waals surface area contributed by atoms with E-state index in [1.54, 1.807) is 24.3 Å². The first-order chi connectivity index (χ1) is 22.1. The largest absolute Gasteiger partial charge is 0.416 e. The van der Waals surface area contributed by atoms with E-state index in [1.807, 2.05) is 0 Å². The molecule has 0 spiro atoms. The Labute approximate surface area is 250 Å². The predicted molar refractivity (Wildman–Crippen MR) is 155 cm³/mol. The SMILES string of the molecule is [2H]c1cc(C)c(C(F)(F)F)c([2H])c1NC(=O)[C@H]1CCCN(C(=O)c2c(F)cccc2C([2H])([2H])[2H])[C@H]1c1ccc(NC2CCCC2)cc1. The number of halogens is 4. The standard InChI is InChI=1S/C33H35F4N3O2/c1-20-12-15-25(19-27(20)33(35,36)37)39-31(41)26-10-6-18-40(32(42)29-21(2)7-5-11-28(29)34)30(26)22-13-16-24(17-14-22)38-23-8-3-4-9-23/h5,7,11-17,19,23,26,30,38H,3-4,6,8-10,18H2,1-2H3,(H,39,41)/t26-,30-/m0/s1/i2D3,15D,19D. The summed E-state index contributed by atoms with van der Waals surface area (Å²) in [4.78, 5) is 29.3. The molecule has 2 atom stereocenters. The number of anilines is 2. The lowest BCUT2D eigenvalue weighted by Crippen LogP contribution is -2.46. The molecular formula is C33H35F4N3O2. The number of nitrogens with zero attached hydrogens (tertiary/aromatic N) is 1. The second kappa shape index (κ2) is 12.2. The summed E-state index contributed by atoms with van der Waals surface area (Å²) in [6.07, 6.45) is -0.216. The summed E-state index contributed by atoms with van der Waals surface area (Å²) in [5, 5.41) is 5.82. The van der Waals surface area contributed by atoms with Gasteiger partial charge >= 0.3 is 6.18 Å². The molecule has 2 amide bonds. The van der Waals surface area contributed by atoms with Crippen LogP contribution in [0, 0.1) is 25.5 Å². The maximum atomic E-state index is 15.2. The number of piperidine rings is 1. The molecule has 0 aromatic heterocycles. The minimum Gasteiger partial charge on any atom is -0.382 e. The molecule has 2 fully saturated rings. The van der Waals surface area contributed by atoms with E-state index in [-0.39, 0.29) is 24.9 Å². The number of benzene rings is 3. The van der Waals surface area contributed by atoms with Crippen molar-refractivity contribution in [2.45, 2.75) is 70.6 Å². The number of nitrogens with one attached hydrogen (secondary N) is 2. The molecule has 5 rings (SSSR count). The van der Waals surface area contributed by atoms with Gasteiger partial charge in [0.15, 0.2) is 0 Å². The first-order valence-electron chi connectivity index (χ1n) is 16.5. The molecule has 1 aliphatic carbocycles. The topological polar surface area (TPSA) is 61.4 Å². The quantitative estimate of drug-likeness (QED) is 0.287. The second-order valence-corrected chi connectivity index (χ2v) is 10.9. The minimum absolute atomic E-state index is 0.0419. The van der Waals surface area contributed by atoms with E-state index in [0.29, 0.717) is 11.6 Å². The number of amides is 2. The lowest BCUT2D eigenvalue weighted by atomic mass is 9.83. The van der Waals surface area contributed by atoms with Gasteiger partial charge in [-0.1, -0.05) is 43.2 Å². The lowest BCUT2D eigenvalue weighted by molar-refractivity contribution is -0.138. The van der Waals surface area contributed by atoms with E-state index in [2.05, 4.69) is 10.6 Å². The molecule has 0 unspecified atom stereocenters. The number of carbonyl (C=O) groups excluding carboxylic acids is 2. The van der Waals surface area contributed by atoms with Crippen LogP contribution in [0.2, 0.25) is 0 Å². The van der Waals surface area contributed by atoms with Crippen molar-refractivity contribution in [3.8, 4) is 0 Å². The highest BCUT2D eigenvalue weighted by Crippen LogP contribution is 2.40. The average Bonchev–Trinajstić information content (AvgIpc) is 3.50. The van der Waals surface area contributed by atoms with Crippen LogP contribution in [-0.2, 0) is 11.0 Å². The average molecular weight is 587 g/mol. The van der Waals surface area contributed by atoms with Gasteiger partial charge in [0.1, 0.15) is 5.82 Å². The fourth-order valence-electron chi connectivity index (χ4n) is 5.97. The van der Waals surface area contributed by atoms with Crippen LogP contribution in [0.3, 0.4) is 0 Å². The van der Waals surface area contributed by atoms with Crippen LogP contribution in [0.4, 0.5) is 28.9 Å². The Bertz CT molecular complexity index is 1660. The molecule has 0 bridgehead atoms. The van der Waals surface area contributed by atoms with Crippen LogP contribution in [0.15, 0.2) is 60.6 Å². The first kappa shape index (κ1) is 23.7. The Kier molecular flexibility index (Phi) is 6.85. The Morgan fingerprint density at radius 2 is 1.71 bits per heavy atom. The zero-order valence-electron chi connectivity index (χ0n) is 28.1. The van der Waals surface area contributed by atoms with Crippen molar-refractivity contribution in [1.29, 1.82) is 0 Å². The van der Waals surface area contributed by atoms with Gasteiger partial charge in [0.05, 0.1) is 25.8 Å². The van der Waals surface area contributed by atoms with Gasteiger partial charge in [0, 0.05) is 28.1 Å². The van der Waals surface area contributed by atoms with E-state index < -0.39 is 77.1 Å². The fourth-order valence-corrected chi connectivity index (χ4v) is 5.97. The highest BCUT2D eigenvalue weighted by molar-refractivity contribution is 5.98. The molecule has 1 saturated heterocycles. The molecule has 1 aliphatic heterocycles. The molecule has 3 aromatic rings. The number of hydrogen-bond donors (Lipinski definition) is 2. The van der Waals surface area contributed by atoms with Crippen molar-refractivity contribution in [3.05, 3.63) is 94.3 Å². The molecule has 0 radical (unpaired) electrons. The molecule has 1 heterocycles. The van der Waals surface area contributed by atoms with Gasteiger partial charge in [-0.2, -0.15) is 13.2 Å². The molecule has 9 heteroatoms. The van der Waals surface area contributed by atoms with Gasteiger partial charge in [-0.15, -0.1) is 0 Å². The van der Waals surface area contributed by atoms with Crippen molar-refractivity contribution in [3.63, 3.8) is 0 Å². The number of rotatable bonds is 6. The van der Waals surface area contributed by atoms with E-state index in [0.717, 1.165) is 56.5 Å². The summed E-state index contributed by atoms with van der Waals surface area (Å²) in [6.45, 7) is -1.65. The highest BCUT2D eigenvalue weighted by Gasteiger charge is 2.41. The smallest absolute Gasteiger partial charge is 0.382 e. The maximum absolute atomic E-state index is 15.2. The molecule has 222 valence electrons. The van der Waals surface area contributed by atoms with E-state index in [4.69, 9.17) is 6.85 Å². The zero-order valence-corrected chi connectivity index (χ0v) is 23.1. The Balaban J connectivity index is 1.56. The summed E-state index contributed by atoms with van der Waals surface area (Å²) < 4.78 is 96.8. The number of carbonyl (C=O) groups is 2. The third-order valence-electron chi connectivity index (χ3n) is 8.04. The van der Waals surface area contributed by atoms with Crippen LogP contribution < -0.4 is 10.6 Å². The normalized spacial score (nSPS) is 21.5. The summed E-state index contributed by atoms with van der Waals surface area (Å²) >= 11 is 0. The third kappa shape index (κ3) is 6.30. The summed E-state index contributed by atoms with van der Waals surface area (Å²) in [7, 11) is 0. The van der Waals surface area contributed by atoms with Gasteiger partial charge in [0.25, 0.3) is 5.91 Å². The minimum atomic E-state index is -4.90. The Hall–Kier alpha value is -3.88. The Morgan fingerprint density at radius 3 is 2.40 bits per heavy atom. The second-order valence-electron chi connectivity index (χ2n) is 10.9. The van der Waals surface area contributed by atoms with Crippen molar-refractivity contribution < 1.29 is 34.0 Å². The van der Waals surface area contributed by atoms with Gasteiger partial charge in [0.2, 0.25) is 5.91 Å². The molecular weight excluding hydrogens is 546 g/mol. The lowest BCUT2D eigenvalue weighted by Gasteiger charge is -2.41. The molecule has 1 saturated carbocycles. The Morgan fingerprint density at radius 1 is 0.976 bits per heavy atom. The maximum Gasteiger partial charge on any atom is 0.416 e. The van der Waals surface area contributed by atoms with Crippen molar-refractivity contribution in [2.24, 2.45) is 5.92 Å². The number of alkyl halides is 3. The van der Waals surface area contributed by atoms with Crippen molar-refractivity contribution in [2.75, 3.05) is 17.2 Å². The number of hydrogen-bond acceptors (Lipinski definition) is 3. The summed E-state index contributed by atoms with van der Waals surface area (Å²) in [5.74, 6) is -3.91. The molecule has 2 N–H and O–H groups in total. The fraction of sp³-hybridized carbons (Fsp3) is 0.394. The monoisotopic (exact) mass is 586 g/mol. The highest BCUT2D eigenvalue weighted by atomic mass is 19.4. The molecule has 3 aromatic carbocycles. The van der Waals surface area contributed by atoms with E-state index >= 15 is 4.39 Å². The predicted octanol–water partition coefficient (Wildman–Crippen LogP) is 8.05. The third-order valence-corrected chi connectivity index (χ3v) is 8.04. The number of likely N-dealkylation sites (tertiary alicyclic amines) is 1. The molecule has 5 nitrogen and oxygen atoms in total. The van der Waals surface area contributed by atoms with Crippen molar-refractivity contribution in [1.82, 2.24) is 4.90 Å². The van der Waals surface area contributed by atoms with Gasteiger partial charge in [-0.3, -0.25) is 9.59 Å². The van der Waals surface area contributed by atoms with Crippen LogP contribution in [0.1, 0.15) is 84.0 Å². The van der Waals surface area contributed by atoms with Crippen LogP contribution in [0.25, 0.3) is 0 Å². The van der Waals surface area contributed by atoms with Gasteiger partial charge in [-0.05, 0) is 86.4 Å². The van der Waals surface area contributed by atoms with E-state index in [1.165, 1.54) is 11.0 Å². The van der Waals surface area contributed by atoms with Crippen LogP contribution in [0.5, 0.6) is 0 Å². The van der Waals surface area contributed by atoms with Crippen molar-refractivity contribution >= 4 is 23.2 Å². The molecule has 2 aliphatic rings. The van der Waals surface area contributed by atoms with Gasteiger partial charge in [-0.25, -0.2) is 4.39 Å². The summed E-state index contributed by atoms with van der Waals surface area (Å²) in [6, 6.07) is 8.95. The van der Waals surface area contributed by atoms with Crippen LogP contribution >= 0.6 is 0 Å². The van der Waals surface area contributed by atoms with E-state index in [9.17, 15) is 22.8 Å². The first-order valence-corrected chi connectivity index (χ1v) is 14.0. The van der Waals surface area contributed by atoms with Crippen LogP contribution in [-0.4, -0.2) is 29.3 Å². The molecule has 42 heavy (non-hydrogen) atoms. The summed E-state index contributed by atoms with van der Waals surface area (Å²) in [5.41, 5.74) is -2.08. The number of aryl methyl sites for hydroxylation is 2.